The van der Waals surface area contributed by atoms with Gasteiger partial charge >= 0.3 is 0 Å². The highest BCUT2D eigenvalue weighted by atomic mass is 16.1. The van der Waals surface area contributed by atoms with E-state index in [1.54, 1.807) is 0 Å². The largest absolute Gasteiger partial charge is 0.348 e. The normalized spacial score (nSPS) is 10.1. The summed E-state index contributed by atoms with van der Waals surface area (Å²) in [5.41, 5.74) is 2.45. The van der Waals surface area contributed by atoms with Crippen molar-refractivity contribution in [2.24, 2.45) is 0 Å². The second-order valence-corrected chi connectivity index (χ2v) is 4.11. The number of carbonyl (C=O) groups is 1. The Bertz CT molecular complexity index is 579. The first-order valence-corrected chi connectivity index (χ1v) is 5.67. The molecule has 0 unspecified atom stereocenters. The van der Waals surface area contributed by atoms with Crippen LogP contribution in [-0.4, -0.2) is 10.9 Å². The van der Waals surface area contributed by atoms with E-state index >= 15 is 0 Å². The molecule has 0 saturated heterocycles. The highest BCUT2D eigenvalue weighted by Crippen LogP contribution is 2.03. The molecule has 2 rings (SSSR count). The summed E-state index contributed by atoms with van der Waals surface area (Å²) in [4.78, 5) is 25.1. The lowest BCUT2D eigenvalue weighted by molar-refractivity contribution is 0.0950. The fourth-order valence-corrected chi connectivity index (χ4v) is 1.54. The zero-order valence-electron chi connectivity index (χ0n) is 10.1. The number of hydrogen-bond acceptors (Lipinski definition) is 2. The Labute approximate surface area is 105 Å². The molecule has 2 N–H and O–H groups in total. The molecule has 0 aliphatic heterocycles. The van der Waals surface area contributed by atoms with Gasteiger partial charge in [-0.25, -0.2) is 0 Å². The summed E-state index contributed by atoms with van der Waals surface area (Å²) in [5, 5.41) is 2.79. The molecule has 1 aromatic heterocycles. The second kappa shape index (κ2) is 5.31. The van der Waals surface area contributed by atoms with Gasteiger partial charge in [-0.3, -0.25) is 9.59 Å². The van der Waals surface area contributed by atoms with Gasteiger partial charge in [0.05, 0.1) is 5.56 Å². The molecule has 0 radical (unpaired) electrons. The van der Waals surface area contributed by atoms with E-state index in [1.807, 2.05) is 31.2 Å². The van der Waals surface area contributed by atoms with Gasteiger partial charge in [-0.15, -0.1) is 0 Å². The van der Waals surface area contributed by atoms with Crippen molar-refractivity contribution in [3.63, 3.8) is 0 Å². The number of carbonyl (C=O) groups excluding carboxylic acids is 1. The molecular formula is C14H14N2O2. The van der Waals surface area contributed by atoms with Crippen LogP contribution in [0.4, 0.5) is 0 Å². The molecule has 1 aromatic carbocycles. The minimum absolute atomic E-state index is 0.202. The predicted octanol–water partition coefficient (Wildman–Crippen LogP) is 1.61. The molecule has 92 valence electrons. The number of hydrogen-bond donors (Lipinski definition) is 2. The van der Waals surface area contributed by atoms with Crippen LogP contribution in [-0.2, 0) is 6.54 Å². The SMILES string of the molecule is Cc1ccc(CNC(=O)c2ccc(=O)[nH]c2)cc1. The standard InChI is InChI=1S/C14H14N2O2/c1-10-2-4-11(5-3-10)8-16-14(18)12-6-7-13(17)15-9-12/h2-7,9H,8H2,1H3,(H,15,17)(H,16,18). The van der Waals surface area contributed by atoms with Gasteiger partial charge in [0.1, 0.15) is 0 Å². The third kappa shape index (κ3) is 3.07. The van der Waals surface area contributed by atoms with Crippen LogP contribution < -0.4 is 10.9 Å². The molecule has 0 saturated carbocycles. The molecule has 18 heavy (non-hydrogen) atoms. The van der Waals surface area contributed by atoms with Crippen LogP contribution in [0.3, 0.4) is 0 Å². The smallest absolute Gasteiger partial charge is 0.253 e. The molecule has 0 spiro atoms. The van der Waals surface area contributed by atoms with E-state index in [1.165, 1.54) is 23.9 Å². The Kier molecular flexibility index (Phi) is 3.57. The average molecular weight is 242 g/mol. The number of aromatic nitrogens is 1. The number of pyridine rings is 1. The zero-order valence-corrected chi connectivity index (χ0v) is 10.1. The molecule has 2 aromatic rings. The molecular weight excluding hydrogens is 228 g/mol. The zero-order chi connectivity index (χ0) is 13.0. The van der Waals surface area contributed by atoms with E-state index in [0.717, 1.165) is 5.56 Å². The lowest BCUT2D eigenvalue weighted by atomic mass is 10.1. The van der Waals surface area contributed by atoms with Gasteiger partial charge < -0.3 is 10.3 Å². The maximum atomic E-state index is 11.8. The van der Waals surface area contributed by atoms with E-state index in [9.17, 15) is 9.59 Å². The van der Waals surface area contributed by atoms with E-state index in [2.05, 4.69) is 10.3 Å². The van der Waals surface area contributed by atoms with E-state index in [-0.39, 0.29) is 11.5 Å². The monoisotopic (exact) mass is 242 g/mol. The number of amides is 1. The summed E-state index contributed by atoms with van der Waals surface area (Å²) >= 11 is 0. The molecule has 0 aliphatic carbocycles. The third-order valence-corrected chi connectivity index (χ3v) is 2.62. The fourth-order valence-electron chi connectivity index (χ4n) is 1.54. The highest BCUT2D eigenvalue weighted by Gasteiger charge is 2.04. The van der Waals surface area contributed by atoms with Crippen molar-refractivity contribution in [1.82, 2.24) is 10.3 Å². The Balaban J connectivity index is 1.98. The topological polar surface area (TPSA) is 62.0 Å². The summed E-state index contributed by atoms with van der Waals surface area (Å²) in [6, 6.07) is 10.8. The van der Waals surface area contributed by atoms with Crippen LogP contribution in [0.5, 0.6) is 0 Å². The van der Waals surface area contributed by atoms with Crippen LogP contribution in [0.15, 0.2) is 47.4 Å². The number of aryl methyl sites for hydroxylation is 1. The molecule has 0 bridgehead atoms. The van der Waals surface area contributed by atoms with Crippen molar-refractivity contribution in [3.05, 3.63) is 69.6 Å². The molecule has 4 heteroatoms. The van der Waals surface area contributed by atoms with Crippen molar-refractivity contribution in [3.8, 4) is 0 Å². The van der Waals surface area contributed by atoms with Gasteiger partial charge in [-0.05, 0) is 18.6 Å². The van der Waals surface area contributed by atoms with E-state index < -0.39 is 0 Å². The van der Waals surface area contributed by atoms with Gasteiger partial charge in [0, 0.05) is 18.8 Å². The molecule has 1 heterocycles. The van der Waals surface area contributed by atoms with Gasteiger partial charge in [0.2, 0.25) is 5.56 Å². The predicted molar refractivity (Wildman–Crippen MR) is 69.4 cm³/mol. The van der Waals surface area contributed by atoms with Gasteiger partial charge in [0.15, 0.2) is 0 Å². The summed E-state index contributed by atoms with van der Waals surface area (Å²) in [5.74, 6) is -0.202. The maximum Gasteiger partial charge on any atom is 0.253 e. The molecule has 0 atom stereocenters. The van der Waals surface area contributed by atoms with Crippen molar-refractivity contribution in [2.75, 3.05) is 0 Å². The Morgan fingerprint density at radius 1 is 1.17 bits per heavy atom. The van der Waals surface area contributed by atoms with Crippen LogP contribution in [0.25, 0.3) is 0 Å². The first-order valence-electron chi connectivity index (χ1n) is 5.67. The Hall–Kier alpha value is -2.36. The number of rotatable bonds is 3. The van der Waals surface area contributed by atoms with Crippen molar-refractivity contribution < 1.29 is 4.79 Å². The molecule has 0 fully saturated rings. The van der Waals surface area contributed by atoms with Crippen molar-refractivity contribution >= 4 is 5.91 Å². The van der Waals surface area contributed by atoms with Crippen molar-refractivity contribution in [1.29, 1.82) is 0 Å². The summed E-state index contributed by atoms with van der Waals surface area (Å²) in [6.45, 7) is 2.49. The summed E-state index contributed by atoms with van der Waals surface area (Å²) in [7, 11) is 0. The van der Waals surface area contributed by atoms with Crippen LogP contribution in [0.2, 0.25) is 0 Å². The third-order valence-electron chi connectivity index (χ3n) is 2.62. The first-order chi connectivity index (χ1) is 8.65. The first kappa shape index (κ1) is 12.1. The van der Waals surface area contributed by atoms with Crippen LogP contribution in [0, 0.1) is 6.92 Å². The summed E-state index contributed by atoms with van der Waals surface area (Å²) < 4.78 is 0. The molecule has 0 aliphatic rings. The quantitative estimate of drug-likeness (QED) is 0.859. The van der Waals surface area contributed by atoms with Crippen LogP contribution in [0.1, 0.15) is 21.5 Å². The number of benzene rings is 1. The highest BCUT2D eigenvalue weighted by molar-refractivity contribution is 5.93. The van der Waals surface area contributed by atoms with E-state index in [0.29, 0.717) is 12.1 Å². The minimum Gasteiger partial charge on any atom is -0.348 e. The van der Waals surface area contributed by atoms with Gasteiger partial charge in [0.25, 0.3) is 5.91 Å². The summed E-state index contributed by atoms with van der Waals surface area (Å²) in [6.07, 6.45) is 1.41. The van der Waals surface area contributed by atoms with E-state index in [4.69, 9.17) is 0 Å². The maximum absolute atomic E-state index is 11.8. The number of H-pyrrole nitrogens is 1. The Morgan fingerprint density at radius 3 is 2.50 bits per heavy atom. The Morgan fingerprint density at radius 2 is 1.89 bits per heavy atom. The van der Waals surface area contributed by atoms with Crippen molar-refractivity contribution in [2.45, 2.75) is 13.5 Å². The minimum atomic E-state index is -0.218. The average Bonchev–Trinajstić information content (AvgIpc) is 2.38. The lowest BCUT2D eigenvalue weighted by Gasteiger charge is -2.05. The second-order valence-electron chi connectivity index (χ2n) is 4.11. The molecule has 4 nitrogen and oxygen atoms in total. The van der Waals surface area contributed by atoms with Crippen LogP contribution >= 0.6 is 0 Å². The number of nitrogens with one attached hydrogen (secondary N) is 2. The lowest BCUT2D eigenvalue weighted by Crippen LogP contribution is -2.23. The molecule has 1 amide bonds. The van der Waals surface area contributed by atoms with Gasteiger partial charge in [-0.2, -0.15) is 0 Å². The van der Waals surface area contributed by atoms with Gasteiger partial charge in [-0.1, -0.05) is 29.8 Å². The number of aromatic amines is 1. The fraction of sp³-hybridized carbons (Fsp3) is 0.143.